The number of esters is 1. The predicted molar refractivity (Wildman–Crippen MR) is 125 cm³/mol. The third-order valence-electron chi connectivity index (χ3n) is 5.65. The summed E-state index contributed by atoms with van der Waals surface area (Å²) in [6.45, 7) is 3.23. The molecule has 3 amide bonds. The summed E-state index contributed by atoms with van der Waals surface area (Å²) in [7, 11) is 1.54. The van der Waals surface area contributed by atoms with Crippen molar-refractivity contribution in [1.29, 1.82) is 0 Å². The standard InChI is InChI=1S/C26H22N2O6/c1-15-5-4-6-22(16(15)2)28-24(30)20-12-7-17(13-21(20)25(28)31)26(32)34-14-23(29)27-18-8-10-19(33-3)11-9-18/h4-13H,14H2,1-3H3,(H,27,29). The molecule has 1 aliphatic rings. The lowest BCUT2D eigenvalue weighted by atomic mass is 10.1. The number of fused-ring (bicyclic) bond motifs is 1. The number of benzene rings is 3. The average molecular weight is 458 g/mol. The van der Waals surface area contributed by atoms with Crippen molar-refractivity contribution < 1.29 is 28.7 Å². The van der Waals surface area contributed by atoms with E-state index < -0.39 is 30.3 Å². The predicted octanol–water partition coefficient (Wildman–Crippen LogP) is 3.91. The molecule has 0 atom stereocenters. The van der Waals surface area contributed by atoms with Crippen LogP contribution in [-0.4, -0.2) is 37.4 Å². The Morgan fingerprint density at radius 3 is 2.32 bits per heavy atom. The topological polar surface area (TPSA) is 102 Å². The summed E-state index contributed by atoms with van der Waals surface area (Å²) in [5, 5.41) is 2.61. The Bertz CT molecular complexity index is 1310. The number of carbonyl (C=O) groups excluding carboxylic acids is 4. The number of nitrogens with zero attached hydrogens (tertiary/aromatic N) is 1. The molecular weight excluding hydrogens is 436 g/mol. The van der Waals surface area contributed by atoms with Crippen LogP contribution in [0, 0.1) is 13.8 Å². The molecule has 0 fully saturated rings. The maximum Gasteiger partial charge on any atom is 0.338 e. The summed E-state index contributed by atoms with van der Waals surface area (Å²) in [6, 6.07) is 16.2. The second-order valence-corrected chi connectivity index (χ2v) is 7.78. The van der Waals surface area contributed by atoms with E-state index in [4.69, 9.17) is 9.47 Å². The van der Waals surface area contributed by atoms with Crippen LogP contribution >= 0.6 is 0 Å². The van der Waals surface area contributed by atoms with Crippen molar-refractivity contribution in [2.45, 2.75) is 13.8 Å². The molecule has 4 rings (SSSR count). The third kappa shape index (κ3) is 4.25. The van der Waals surface area contributed by atoms with Gasteiger partial charge in [0.05, 0.1) is 29.5 Å². The highest BCUT2D eigenvalue weighted by Crippen LogP contribution is 2.32. The molecule has 0 radical (unpaired) electrons. The van der Waals surface area contributed by atoms with Crippen molar-refractivity contribution in [2.75, 3.05) is 23.9 Å². The van der Waals surface area contributed by atoms with Gasteiger partial charge in [-0.2, -0.15) is 0 Å². The molecule has 3 aromatic rings. The lowest BCUT2D eigenvalue weighted by Crippen LogP contribution is -2.30. The lowest BCUT2D eigenvalue weighted by Gasteiger charge is -2.17. The maximum absolute atomic E-state index is 13.0. The van der Waals surface area contributed by atoms with Gasteiger partial charge in [-0.3, -0.25) is 14.4 Å². The van der Waals surface area contributed by atoms with Crippen molar-refractivity contribution in [1.82, 2.24) is 0 Å². The zero-order valence-electron chi connectivity index (χ0n) is 18.9. The second kappa shape index (κ2) is 9.19. The number of methoxy groups -OCH3 is 1. The van der Waals surface area contributed by atoms with E-state index in [2.05, 4.69) is 5.32 Å². The van der Waals surface area contributed by atoms with Gasteiger partial charge >= 0.3 is 5.97 Å². The van der Waals surface area contributed by atoms with E-state index in [1.54, 1.807) is 36.4 Å². The van der Waals surface area contributed by atoms with Gasteiger partial charge in [-0.1, -0.05) is 12.1 Å². The molecule has 8 heteroatoms. The normalized spacial score (nSPS) is 12.4. The Hall–Kier alpha value is -4.46. The van der Waals surface area contributed by atoms with Crippen molar-refractivity contribution >= 4 is 35.1 Å². The number of rotatable bonds is 6. The van der Waals surface area contributed by atoms with E-state index in [0.717, 1.165) is 16.0 Å². The van der Waals surface area contributed by atoms with Crippen LogP contribution in [-0.2, 0) is 9.53 Å². The molecule has 1 N–H and O–H groups in total. The molecule has 3 aromatic carbocycles. The lowest BCUT2D eigenvalue weighted by molar-refractivity contribution is -0.119. The number of amides is 3. The van der Waals surface area contributed by atoms with Gasteiger partial charge in [-0.05, 0) is 73.5 Å². The first-order chi connectivity index (χ1) is 16.3. The molecule has 8 nitrogen and oxygen atoms in total. The molecule has 0 saturated heterocycles. The molecule has 0 spiro atoms. The SMILES string of the molecule is COc1ccc(NC(=O)COC(=O)c2ccc3c(c2)C(=O)N(c2cccc(C)c2C)C3=O)cc1. The Morgan fingerprint density at radius 1 is 0.912 bits per heavy atom. The minimum Gasteiger partial charge on any atom is -0.497 e. The van der Waals surface area contributed by atoms with Crippen molar-refractivity contribution in [3.63, 3.8) is 0 Å². The number of imide groups is 1. The minimum absolute atomic E-state index is 0.0694. The number of hydrogen-bond donors (Lipinski definition) is 1. The molecule has 1 aliphatic heterocycles. The number of ether oxygens (including phenoxy) is 2. The van der Waals surface area contributed by atoms with Crippen molar-refractivity contribution in [3.8, 4) is 5.75 Å². The molecular formula is C26H22N2O6. The summed E-state index contributed by atoms with van der Waals surface area (Å²) in [5.74, 6) is -1.62. The summed E-state index contributed by atoms with van der Waals surface area (Å²) < 4.78 is 10.2. The van der Waals surface area contributed by atoms with Crippen LogP contribution in [0.15, 0.2) is 60.7 Å². The first-order valence-corrected chi connectivity index (χ1v) is 10.5. The van der Waals surface area contributed by atoms with Crippen LogP contribution in [0.5, 0.6) is 5.75 Å². The van der Waals surface area contributed by atoms with Crippen LogP contribution in [0.25, 0.3) is 0 Å². The van der Waals surface area contributed by atoms with Crippen LogP contribution in [0.1, 0.15) is 42.2 Å². The summed E-state index contributed by atoms with van der Waals surface area (Å²) in [6.07, 6.45) is 0. The van der Waals surface area contributed by atoms with Gasteiger partial charge in [0.15, 0.2) is 6.61 Å². The van der Waals surface area contributed by atoms with E-state index in [0.29, 0.717) is 17.1 Å². The van der Waals surface area contributed by atoms with Gasteiger partial charge in [0.2, 0.25) is 0 Å². The van der Waals surface area contributed by atoms with Crippen molar-refractivity contribution in [3.05, 3.63) is 88.5 Å². The van der Waals surface area contributed by atoms with E-state index in [9.17, 15) is 19.2 Å². The number of nitrogens with one attached hydrogen (secondary N) is 1. The quantitative estimate of drug-likeness (QED) is 0.444. The number of carbonyl (C=O) groups is 4. The second-order valence-electron chi connectivity index (χ2n) is 7.78. The monoisotopic (exact) mass is 458 g/mol. The van der Waals surface area contributed by atoms with Crippen molar-refractivity contribution in [2.24, 2.45) is 0 Å². The van der Waals surface area contributed by atoms with Gasteiger partial charge in [-0.25, -0.2) is 9.69 Å². The van der Waals surface area contributed by atoms with Gasteiger partial charge < -0.3 is 14.8 Å². The fraction of sp³-hybridized carbons (Fsp3) is 0.154. The first-order valence-electron chi connectivity index (χ1n) is 10.5. The minimum atomic E-state index is -0.780. The van der Waals surface area contributed by atoms with E-state index in [1.165, 1.54) is 25.3 Å². The van der Waals surface area contributed by atoms with Crippen LogP contribution in [0.4, 0.5) is 11.4 Å². The van der Waals surface area contributed by atoms with Gasteiger partial charge in [0.25, 0.3) is 17.7 Å². The van der Waals surface area contributed by atoms with E-state index >= 15 is 0 Å². The molecule has 0 aromatic heterocycles. The average Bonchev–Trinajstić information content (AvgIpc) is 3.09. The van der Waals surface area contributed by atoms with Crippen LogP contribution in [0.3, 0.4) is 0 Å². The molecule has 34 heavy (non-hydrogen) atoms. The third-order valence-corrected chi connectivity index (χ3v) is 5.65. The number of aryl methyl sites for hydroxylation is 1. The number of hydrogen-bond acceptors (Lipinski definition) is 6. The first kappa shape index (κ1) is 22.7. The zero-order chi connectivity index (χ0) is 24.4. The van der Waals surface area contributed by atoms with E-state index in [-0.39, 0.29) is 16.7 Å². The van der Waals surface area contributed by atoms with Crippen LogP contribution in [0.2, 0.25) is 0 Å². The van der Waals surface area contributed by atoms with Crippen LogP contribution < -0.4 is 15.0 Å². The highest BCUT2D eigenvalue weighted by molar-refractivity contribution is 6.35. The highest BCUT2D eigenvalue weighted by Gasteiger charge is 2.38. The molecule has 172 valence electrons. The molecule has 0 aliphatic carbocycles. The molecule has 1 heterocycles. The highest BCUT2D eigenvalue weighted by atomic mass is 16.5. The Labute approximate surface area is 196 Å². The summed E-state index contributed by atoms with van der Waals surface area (Å²) >= 11 is 0. The summed E-state index contributed by atoms with van der Waals surface area (Å²) in [4.78, 5) is 51.7. The van der Waals surface area contributed by atoms with Gasteiger partial charge in [0.1, 0.15) is 5.75 Å². The maximum atomic E-state index is 13.0. The molecule has 0 saturated carbocycles. The Morgan fingerprint density at radius 2 is 1.62 bits per heavy atom. The number of anilines is 2. The molecule has 0 unspecified atom stereocenters. The fourth-order valence-corrected chi connectivity index (χ4v) is 3.65. The van der Waals surface area contributed by atoms with E-state index in [1.807, 2.05) is 19.9 Å². The largest absolute Gasteiger partial charge is 0.497 e. The van der Waals surface area contributed by atoms with Gasteiger partial charge in [0, 0.05) is 5.69 Å². The Balaban J connectivity index is 1.45. The fourth-order valence-electron chi connectivity index (χ4n) is 3.65. The smallest absolute Gasteiger partial charge is 0.338 e. The summed E-state index contributed by atoms with van der Waals surface area (Å²) in [5.41, 5.74) is 3.19. The molecule has 0 bridgehead atoms. The zero-order valence-corrected chi connectivity index (χ0v) is 18.9. The van der Waals surface area contributed by atoms with Gasteiger partial charge in [-0.15, -0.1) is 0 Å². The Kier molecular flexibility index (Phi) is 6.14.